The van der Waals surface area contributed by atoms with Crippen LogP contribution >= 0.6 is 12.6 Å². The van der Waals surface area contributed by atoms with Crippen molar-refractivity contribution in [2.24, 2.45) is 0 Å². The Morgan fingerprint density at radius 2 is 1.91 bits per heavy atom. The lowest BCUT2D eigenvalue weighted by atomic mass is 9.99. The fourth-order valence-corrected chi connectivity index (χ4v) is 3.54. The maximum atomic E-state index is 5.35. The fourth-order valence-electron chi connectivity index (χ4n) is 1.42. The summed E-state index contributed by atoms with van der Waals surface area (Å²) in [6, 6.07) is 0. The number of hydrogen-bond acceptors (Lipinski definition) is 2. The first-order valence-electron chi connectivity index (χ1n) is 4.34. The van der Waals surface area contributed by atoms with Gasteiger partial charge in [-0.3, -0.25) is 0 Å². The minimum absolute atomic E-state index is 0.331. The highest BCUT2D eigenvalue weighted by Gasteiger charge is 2.25. The molecule has 0 unspecified atom stereocenters. The molecule has 0 saturated heterocycles. The van der Waals surface area contributed by atoms with Crippen LogP contribution in [0.15, 0.2) is 0 Å². The highest BCUT2D eigenvalue weighted by Crippen LogP contribution is 2.37. The first-order valence-corrected chi connectivity index (χ1v) is 6.26. The van der Waals surface area contributed by atoms with Crippen LogP contribution in [-0.4, -0.2) is 22.6 Å². The van der Waals surface area contributed by atoms with Crippen LogP contribution in [0, 0.1) is 0 Å². The molecule has 0 bridgehead atoms. The average Bonchev–Trinajstić information content (AvgIpc) is 2.04. The van der Waals surface area contributed by atoms with E-state index in [-0.39, 0.29) is 9.76 Å². The second-order valence-electron chi connectivity index (χ2n) is 3.11. The summed E-state index contributed by atoms with van der Waals surface area (Å²) in [6.45, 7) is 4.53. The highest BCUT2D eigenvalue weighted by molar-refractivity contribution is 7.80. The van der Waals surface area contributed by atoms with Gasteiger partial charge in [0.2, 0.25) is 0 Å². The Morgan fingerprint density at radius 3 is 2.18 bits per heavy atom. The lowest BCUT2D eigenvalue weighted by Gasteiger charge is -2.29. The van der Waals surface area contributed by atoms with Crippen molar-refractivity contribution in [3.63, 3.8) is 0 Å². The van der Waals surface area contributed by atoms with E-state index in [2.05, 4.69) is 26.5 Å². The van der Waals surface area contributed by atoms with Gasteiger partial charge in [-0.15, -0.1) is 0 Å². The van der Waals surface area contributed by atoms with Gasteiger partial charge in [0.05, 0.1) is 0 Å². The van der Waals surface area contributed by atoms with Crippen molar-refractivity contribution < 1.29 is 4.43 Å². The summed E-state index contributed by atoms with van der Waals surface area (Å²) in [5, 5.41) is 0.524. The summed E-state index contributed by atoms with van der Waals surface area (Å²) in [4.78, 5) is 0. The Balaban J connectivity index is 3.96. The van der Waals surface area contributed by atoms with E-state index in [1.807, 2.05) is 7.11 Å². The van der Waals surface area contributed by atoms with E-state index in [4.69, 9.17) is 4.43 Å². The van der Waals surface area contributed by atoms with Gasteiger partial charge in [-0.1, -0.05) is 26.7 Å². The van der Waals surface area contributed by atoms with Gasteiger partial charge in [-0.05, 0) is 17.2 Å². The monoisotopic (exact) mass is 192 g/mol. The number of hydrogen-bond donors (Lipinski definition) is 1. The van der Waals surface area contributed by atoms with Gasteiger partial charge in [0.25, 0.3) is 0 Å². The van der Waals surface area contributed by atoms with Crippen molar-refractivity contribution in [2.45, 2.75) is 38.1 Å². The summed E-state index contributed by atoms with van der Waals surface area (Å²) >= 11 is 4.28. The van der Waals surface area contributed by atoms with Gasteiger partial charge in [-0.25, -0.2) is 0 Å². The maximum Gasteiger partial charge on any atom is 0.167 e. The Labute approximate surface area is 78.3 Å². The van der Waals surface area contributed by atoms with E-state index in [1.165, 1.54) is 19.3 Å². The van der Waals surface area contributed by atoms with Crippen molar-refractivity contribution in [1.82, 2.24) is 0 Å². The molecule has 0 amide bonds. The van der Waals surface area contributed by atoms with Crippen molar-refractivity contribution in [3.05, 3.63) is 0 Å². The van der Waals surface area contributed by atoms with Crippen molar-refractivity contribution in [3.8, 4) is 0 Å². The maximum absolute atomic E-state index is 5.35. The summed E-state index contributed by atoms with van der Waals surface area (Å²) < 4.78 is 5.35. The molecule has 11 heavy (non-hydrogen) atoms. The number of thiol groups is 1. The third-order valence-corrected chi connectivity index (χ3v) is 5.07. The van der Waals surface area contributed by atoms with Crippen molar-refractivity contribution >= 4 is 22.4 Å². The van der Waals surface area contributed by atoms with Gasteiger partial charge in [-0.2, -0.15) is 12.6 Å². The Bertz CT molecular complexity index is 86.1. The van der Waals surface area contributed by atoms with Gasteiger partial charge in [0.1, 0.15) is 0 Å². The van der Waals surface area contributed by atoms with E-state index < -0.39 is 0 Å². The zero-order valence-corrected chi connectivity index (χ0v) is 10.2. The molecule has 0 aromatic rings. The van der Waals surface area contributed by atoms with Crippen molar-refractivity contribution in [1.29, 1.82) is 0 Å². The molecule has 0 atom stereocenters. The van der Waals surface area contributed by atoms with Crippen LogP contribution in [0.25, 0.3) is 0 Å². The Morgan fingerprint density at radius 1 is 1.36 bits per heavy atom. The molecular weight excluding hydrogens is 172 g/mol. The molecule has 0 N–H and O–H groups in total. The second kappa shape index (κ2) is 6.09. The minimum Gasteiger partial charge on any atom is -0.427 e. The van der Waals surface area contributed by atoms with Crippen LogP contribution in [0.1, 0.15) is 33.1 Å². The molecule has 0 radical (unpaired) electrons. The Kier molecular flexibility index (Phi) is 6.38. The molecule has 1 nitrogen and oxygen atoms in total. The van der Waals surface area contributed by atoms with Crippen LogP contribution in [-0.2, 0) is 4.43 Å². The highest BCUT2D eigenvalue weighted by atomic mass is 32.1. The first-order chi connectivity index (χ1) is 5.24. The lowest BCUT2D eigenvalue weighted by Crippen LogP contribution is -2.21. The minimum atomic E-state index is -0.331. The van der Waals surface area contributed by atoms with Crippen LogP contribution in [0.3, 0.4) is 0 Å². The van der Waals surface area contributed by atoms with Crippen LogP contribution in [0.5, 0.6) is 0 Å². The van der Waals surface area contributed by atoms with Gasteiger partial charge >= 0.3 is 0 Å². The van der Waals surface area contributed by atoms with Gasteiger partial charge in [0.15, 0.2) is 9.76 Å². The molecule has 3 heteroatoms. The molecule has 0 aromatic heterocycles. The Hall–Kier alpha value is 0.527. The van der Waals surface area contributed by atoms with E-state index >= 15 is 0 Å². The molecule has 0 rings (SSSR count). The molecule has 0 aliphatic heterocycles. The van der Waals surface area contributed by atoms with Crippen LogP contribution in [0.4, 0.5) is 0 Å². The molecule has 0 heterocycles. The van der Waals surface area contributed by atoms with E-state index in [0.717, 1.165) is 5.75 Å². The first kappa shape index (κ1) is 11.5. The predicted molar refractivity (Wildman–Crippen MR) is 57.3 cm³/mol. The van der Waals surface area contributed by atoms with Crippen LogP contribution < -0.4 is 0 Å². The summed E-state index contributed by atoms with van der Waals surface area (Å²) in [7, 11) is 1.51. The summed E-state index contributed by atoms with van der Waals surface area (Å²) in [6.07, 6.45) is 3.73. The topological polar surface area (TPSA) is 9.23 Å². The van der Waals surface area contributed by atoms with E-state index in [0.29, 0.717) is 5.04 Å². The molecular formula is C8H20OSSi. The number of rotatable bonds is 6. The molecule has 0 saturated carbocycles. The largest absolute Gasteiger partial charge is 0.427 e. The van der Waals surface area contributed by atoms with Gasteiger partial charge in [0, 0.05) is 7.11 Å². The lowest BCUT2D eigenvalue weighted by molar-refractivity contribution is 0.375. The molecule has 0 spiro atoms. The summed E-state index contributed by atoms with van der Waals surface area (Å²) in [5.74, 6) is 0.998. The molecule has 0 aromatic carbocycles. The normalized spacial score (nSPS) is 13.1. The molecule has 0 aliphatic carbocycles. The predicted octanol–water partition coefficient (Wildman–Crippen LogP) is 2.02. The van der Waals surface area contributed by atoms with E-state index in [1.54, 1.807) is 0 Å². The van der Waals surface area contributed by atoms with Gasteiger partial charge < -0.3 is 4.43 Å². The zero-order valence-electron chi connectivity index (χ0n) is 7.89. The third kappa shape index (κ3) is 3.63. The molecule has 68 valence electrons. The smallest absolute Gasteiger partial charge is 0.167 e. The van der Waals surface area contributed by atoms with E-state index in [9.17, 15) is 0 Å². The third-order valence-electron chi connectivity index (χ3n) is 2.59. The summed E-state index contributed by atoms with van der Waals surface area (Å²) in [5.41, 5.74) is 0. The standard InChI is InChI=1S/C8H20OSSi/c1-4-8(5-2,6-7-10)11-9-3/h10H,4-7,11H2,1-3H3. The zero-order chi connectivity index (χ0) is 8.74. The fraction of sp³-hybridized carbons (Fsp3) is 1.00. The van der Waals surface area contributed by atoms with Crippen LogP contribution in [0.2, 0.25) is 5.04 Å². The molecule has 0 fully saturated rings. The SMILES string of the molecule is CCC(CC)(CCS)[SiH2]OC. The van der Waals surface area contributed by atoms with Crippen molar-refractivity contribution in [2.75, 3.05) is 12.9 Å². The second-order valence-corrected chi connectivity index (χ2v) is 5.93. The average molecular weight is 192 g/mol. The quantitative estimate of drug-likeness (QED) is 0.500. The molecule has 0 aliphatic rings.